The highest BCUT2D eigenvalue weighted by atomic mass is 35.5. The Morgan fingerprint density at radius 2 is 2.19 bits per heavy atom. The number of piperidine rings is 1. The maximum Gasteiger partial charge on any atom is 0.242 e. The van der Waals surface area contributed by atoms with Gasteiger partial charge in [0.2, 0.25) is 5.91 Å². The molecule has 5 nitrogen and oxygen atoms in total. The number of carbonyl (C=O) groups excluding carboxylic acids is 1. The first-order valence-corrected chi connectivity index (χ1v) is 7.92. The van der Waals surface area contributed by atoms with Gasteiger partial charge in [0.25, 0.3) is 0 Å². The summed E-state index contributed by atoms with van der Waals surface area (Å²) in [6, 6.07) is 1.45. The minimum absolute atomic E-state index is 0.00693. The Labute approximate surface area is 135 Å². The molecular weight excluding hydrogens is 311 g/mol. The highest BCUT2D eigenvalue weighted by Crippen LogP contribution is 2.34. The first-order valence-electron chi connectivity index (χ1n) is 7.16. The van der Waals surface area contributed by atoms with Gasteiger partial charge in [0.15, 0.2) is 5.82 Å². The van der Waals surface area contributed by atoms with Crippen LogP contribution in [0.25, 0.3) is 0 Å². The van der Waals surface area contributed by atoms with Gasteiger partial charge < -0.3 is 15.5 Å². The van der Waals surface area contributed by atoms with E-state index in [1.165, 1.54) is 0 Å². The molecule has 1 aromatic heterocycles. The van der Waals surface area contributed by atoms with Gasteiger partial charge in [-0.05, 0) is 32.3 Å². The second-order valence-electron chi connectivity index (χ2n) is 4.97. The summed E-state index contributed by atoms with van der Waals surface area (Å²) in [5, 5.41) is 6.78. The molecule has 1 aliphatic rings. The van der Waals surface area contributed by atoms with E-state index in [0.717, 1.165) is 25.8 Å². The first kappa shape index (κ1) is 16.2. The minimum Gasteiger partial charge on any atom is -0.369 e. The molecule has 1 saturated heterocycles. The van der Waals surface area contributed by atoms with Crippen LogP contribution in [0.2, 0.25) is 10.0 Å². The Hall–Kier alpha value is -1.20. The number of amides is 1. The highest BCUT2D eigenvalue weighted by molar-refractivity contribution is 6.37. The van der Waals surface area contributed by atoms with Crippen molar-refractivity contribution in [2.24, 2.45) is 0 Å². The maximum absolute atomic E-state index is 12.1. The number of hydrogen-bond acceptors (Lipinski definition) is 4. The van der Waals surface area contributed by atoms with Crippen LogP contribution in [-0.4, -0.2) is 37.1 Å². The van der Waals surface area contributed by atoms with Crippen molar-refractivity contribution in [1.82, 2.24) is 10.3 Å². The van der Waals surface area contributed by atoms with Gasteiger partial charge in [-0.15, -0.1) is 0 Å². The monoisotopic (exact) mass is 330 g/mol. The number of nitrogens with one attached hydrogen (secondary N) is 2. The predicted octanol–water partition coefficient (Wildman–Crippen LogP) is 2.93. The van der Waals surface area contributed by atoms with Gasteiger partial charge in [-0.1, -0.05) is 23.2 Å². The molecule has 0 saturated carbocycles. The van der Waals surface area contributed by atoms with E-state index in [2.05, 4.69) is 15.6 Å². The Bertz CT molecular complexity index is 524. The van der Waals surface area contributed by atoms with E-state index in [1.807, 2.05) is 11.8 Å². The molecule has 1 aromatic rings. The zero-order valence-corrected chi connectivity index (χ0v) is 13.8. The third-order valence-corrected chi connectivity index (χ3v) is 4.15. The summed E-state index contributed by atoms with van der Waals surface area (Å²) in [7, 11) is 1.65. The average Bonchev–Trinajstić information content (AvgIpc) is 2.49. The quantitative estimate of drug-likeness (QED) is 0.891. The predicted molar refractivity (Wildman–Crippen MR) is 87.5 cm³/mol. The summed E-state index contributed by atoms with van der Waals surface area (Å²) in [6.45, 7) is 3.45. The normalized spacial score (nSPS) is 18.5. The number of anilines is 2. The second kappa shape index (κ2) is 7.18. The molecular formula is C14H20Cl2N4O. The topological polar surface area (TPSA) is 57.3 Å². The van der Waals surface area contributed by atoms with E-state index in [-0.39, 0.29) is 11.9 Å². The molecule has 1 fully saturated rings. The fourth-order valence-electron chi connectivity index (χ4n) is 2.57. The number of rotatable bonds is 4. The molecule has 116 valence electrons. The molecule has 7 heteroatoms. The number of halogens is 2. The van der Waals surface area contributed by atoms with Crippen LogP contribution in [0.15, 0.2) is 6.07 Å². The molecule has 0 aliphatic carbocycles. The summed E-state index contributed by atoms with van der Waals surface area (Å²) < 4.78 is 0. The van der Waals surface area contributed by atoms with Crippen molar-refractivity contribution in [3.8, 4) is 0 Å². The van der Waals surface area contributed by atoms with Gasteiger partial charge >= 0.3 is 0 Å². The van der Waals surface area contributed by atoms with Gasteiger partial charge in [0, 0.05) is 20.1 Å². The molecule has 2 rings (SSSR count). The molecule has 1 atom stereocenters. The van der Waals surface area contributed by atoms with Crippen molar-refractivity contribution in [3.05, 3.63) is 16.1 Å². The fraction of sp³-hybridized carbons (Fsp3) is 0.571. The van der Waals surface area contributed by atoms with Gasteiger partial charge in [-0.3, -0.25) is 4.79 Å². The van der Waals surface area contributed by atoms with Crippen molar-refractivity contribution < 1.29 is 4.79 Å². The smallest absolute Gasteiger partial charge is 0.242 e. The lowest BCUT2D eigenvalue weighted by molar-refractivity contribution is -0.122. The van der Waals surface area contributed by atoms with Crippen LogP contribution in [0, 0.1) is 0 Å². The van der Waals surface area contributed by atoms with Crippen LogP contribution in [0.1, 0.15) is 26.2 Å². The molecule has 2 N–H and O–H groups in total. The van der Waals surface area contributed by atoms with Gasteiger partial charge in [0.1, 0.15) is 11.9 Å². The number of aromatic nitrogens is 1. The summed E-state index contributed by atoms with van der Waals surface area (Å²) in [5.41, 5.74) is 0. The third kappa shape index (κ3) is 3.52. The largest absolute Gasteiger partial charge is 0.369 e. The fourth-order valence-corrected chi connectivity index (χ4v) is 3.11. The van der Waals surface area contributed by atoms with Crippen LogP contribution >= 0.6 is 23.2 Å². The van der Waals surface area contributed by atoms with Crippen LogP contribution in [0.4, 0.5) is 11.6 Å². The average molecular weight is 331 g/mol. The highest BCUT2D eigenvalue weighted by Gasteiger charge is 2.30. The number of likely N-dealkylation sites (N-methyl/N-ethyl adjacent to an activating group) is 1. The van der Waals surface area contributed by atoms with Crippen molar-refractivity contribution in [3.63, 3.8) is 0 Å². The van der Waals surface area contributed by atoms with Crippen molar-refractivity contribution in [2.75, 3.05) is 30.4 Å². The minimum atomic E-state index is -0.232. The lowest BCUT2D eigenvalue weighted by atomic mass is 10.0. The SMILES string of the molecule is CCNc1nc(N2CCCCC2C(=O)NC)c(Cl)cc1Cl. The Kier molecular flexibility index (Phi) is 5.53. The van der Waals surface area contributed by atoms with Crippen LogP contribution in [0.5, 0.6) is 0 Å². The van der Waals surface area contributed by atoms with E-state index < -0.39 is 0 Å². The molecule has 0 radical (unpaired) electrons. The molecule has 0 aromatic carbocycles. The van der Waals surface area contributed by atoms with E-state index in [9.17, 15) is 4.79 Å². The second-order valence-corrected chi connectivity index (χ2v) is 5.79. The number of nitrogens with zero attached hydrogens (tertiary/aromatic N) is 2. The standard InChI is InChI=1S/C14H20Cl2N4O/c1-3-18-12-9(15)8-10(16)13(19-12)20-7-5-4-6-11(20)14(21)17-2/h8,11H,3-7H2,1-2H3,(H,17,21)(H,18,19). The van der Waals surface area contributed by atoms with Gasteiger partial charge in [-0.2, -0.15) is 0 Å². The molecule has 1 unspecified atom stereocenters. The number of carbonyl (C=O) groups is 1. The van der Waals surface area contributed by atoms with Crippen LogP contribution < -0.4 is 15.5 Å². The van der Waals surface area contributed by atoms with E-state index in [0.29, 0.717) is 28.2 Å². The summed E-state index contributed by atoms with van der Waals surface area (Å²) in [4.78, 5) is 18.6. The molecule has 21 heavy (non-hydrogen) atoms. The van der Waals surface area contributed by atoms with E-state index in [1.54, 1.807) is 13.1 Å². The summed E-state index contributed by atoms with van der Waals surface area (Å²) in [6.07, 6.45) is 2.85. The van der Waals surface area contributed by atoms with Crippen molar-refractivity contribution >= 4 is 40.7 Å². The molecule has 0 spiro atoms. The van der Waals surface area contributed by atoms with Crippen molar-refractivity contribution in [1.29, 1.82) is 0 Å². The molecule has 1 aliphatic heterocycles. The van der Waals surface area contributed by atoms with E-state index in [4.69, 9.17) is 23.2 Å². The lowest BCUT2D eigenvalue weighted by Gasteiger charge is -2.36. The molecule has 1 amide bonds. The number of hydrogen-bond donors (Lipinski definition) is 2. The van der Waals surface area contributed by atoms with Crippen LogP contribution in [-0.2, 0) is 4.79 Å². The Balaban J connectivity index is 2.37. The molecule has 2 heterocycles. The first-order chi connectivity index (χ1) is 10.1. The Morgan fingerprint density at radius 1 is 1.43 bits per heavy atom. The van der Waals surface area contributed by atoms with E-state index >= 15 is 0 Å². The number of pyridine rings is 1. The van der Waals surface area contributed by atoms with Crippen LogP contribution in [0.3, 0.4) is 0 Å². The summed E-state index contributed by atoms with van der Waals surface area (Å²) in [5.74, 6) is 1.21. The lowest BCUT2D eigenvalue weighted by Crippen LogP contribution is -2.49. The van der Waals surface area contributed by atoms with Gasteiger partial charge in [0.05, 0.1) is 10.0 Å². The summed E-state index contributed by atoms with van der Waals surface area (Å²) >= 11 is 12.4. The Morgan fingerprint density at radius 3 is 2.86 bits per heavy atom. The molecule has 0 bridgehead atoms. The zero-order chi connectivity index (χ0) is 15.4. The van der Waals surface area contributed by atoms with Gasteiger partial charge in [-0.25, -0.2) is 4.98 Å². The maximum atomic E-state index is 12.1. The third-order valence-electron chi connectivity index (χ3n) is 3.58. The zero-order valence-electron chi connectivity index (χ0n) is 12.2. The van der Waals surface area contributed by atoms with Crippen molar-refractivity contribution in [2.45, 2.75) is 32.2 Å².